The van der Waals surface area contributed by atoms with Crippen molar-refractivity contribution in [1.29, 1.82) is 0 Å². The summed E-state index contributed by atoms with van der Waals surface area (Å²) in [5.74, 6) is -4.04. The molecule has 0 saturated carbocycles. The van der Waals surface area contributed by atoms with Crippen molar-refractivity contribution in [2.24, 2.45) is 0 Å². The predicted octanol–water partition coefficient (Wildman–Crippen LogP) is 29.3. The highest BCUT2D eigenvalue weighted by Gasteiger charge is 2.57. The van der Waals surface area contributed by atoms with Gasteiger partial charge in [0.2, 0.25) is 11.8 Å². The van der Waals surface area contributed by atoms with E-state index < -0.39 is 138 Å². The third-order valence-corrected chi connectivity index (χ3v) is 33.7. The number of nitrogens with one attached hydrogen (secondary N) is 2. The van der Waals surface area contributed by atoms with Crippen molar-refractivity contribution in [3.05, 3.63) is 168 Å². The van der Waals surface area contributed by atoms with Gasteiger partial charge in [-0.05, 0) is 89.9 Å². The Balaban J connectivity index is 1.62. The second kappa shape index (κ2) is 77.1. The molecule has 0 aliphatic carbocycles. The van der Waals surface area contributed by atoms with Gasteiger partial charge in [-0.3, -0.25) is 47.1 Å². The Morgan fingerprint density at radius 1 is 0.359 bits per heavy atom. The summed E-state index contributed by atoms with van der Waals surface area (Å²) in [7, 11) is -8.78. The van der Waals surface area contributed by atoms with Crippen LogP contribution in [-0.4, -0.2) is 118 Å². The van der Waals surface area contributed by atoms with Crippen molar-refractivity contribution in [1.82, 2.24) is 10.6 Å². The molecule has 6 rings (SSSR count). The zero-order valence-electron chi connectivity index (χ0n) is 89.4. The number of hydrogen-bond donors (Lipinski definition) is 2. The Morgan fingerprint density at radius 3 is 1.03 bits per heavy atom. The molecule has 21 nitrogen and oxygen atoms in total. The molecule has 1 saturated heterocycles. The van der Waals surface area contributed by atoms with Gasteiger partial charge < -0.3 is 48.2 Å². The normalized spacial score (nSPS) is 15.9. The first-order chi connectivity index (χ1) is 69.1. The fourth-order valence-electron chi connectivity index (χ4n) is 19.0. The zero-order valence-corrected chi connectivity index (χ0v) is 91.3. The quantitative estimate of drug-likeness (QED) is 0.0120. The number of phosphoric acid groups is 1. The number of rotatable bonds is 86. The summed E-state index contributed by atoms with van der Waals surface area (Å²) in [5.41, 5.74) is 1.95. The Bertz CT molecular complexity index is 4020. The summed E-state index contributed by atoms with van der Waals surface area (Å²) < 4.78 is 92.7. The Hall–Kier alpha value is -7.40. The molecular weight excluding hydrogens is 1820 g/mol. The molecule has 142 heavy (non-hydrogen) atoms. The molecule has 9 atom stereocenters. The zero-order chi connectivity index (χ0) is 102. The third kappa shape index (κ3) is 53.8. The van der Waals surface area contributed by atoms with Crippen LogP contribution in [0.5, 0.6) is 0 Å². The van der Waals surface area contributed by atoms with Gasteiger partial charge in [0.05, 0.1) is 58.2 Å². The van der Waals surface area contributed by atoms with E-state index >= 15 is 18.9 Å². The number of ether oxygens (including phenoxy) is 7. The van der Waals surface area contributed by atoms with Crippen LogP contribution < -0.4 is 21.0 Å². The van der Waals surface area contributed by atoms with Crippen LogP contribution in [0, 0.1) is 0 Å². The highest BCUT2D eigenvalue weighted by molar-refractivity contribution is 7.48. The molecule has 1 aliphatic rings. The number of esters is 5. The Labute approximate surface area is 859 Å². The number of phosphoric ester groups is 1. The largest absolute Gasteiger partial charge is 0.475 e. The predicted molar refractivity (Wildman–Crippen MR) is 575 cm³/mol. The molecule has 0 unspecified atom stereocenters. The fourth-order valence-corrected chi connectivity index (χ4v) is 25.0. The average Bonchev–Trinajstić information content (AvgIpc) is 0.740. The molecule has 0 radical (unpaired) electrons. The number of carbonyl (C=O) groups excluding carboxylic acids is 7. The molecule has 1 aliphatic heterocycles. The molecule has 0 spiro atoms. The highest BCUT2D eigenvalue weighted by Crippen LogP contribution is 2.54. The van der Waals surface area contributed by atoms with Gasteiger partial charge in [-0.2, -0.15) is 0 Å². The van der Waals surface area contributed by atoms with E-state index in [1.54, 1.807) is 0 Å². The van der Waals surface area contributed by atoms with Gasteiger partial charge in [-0.15, -0.1) is 0 Å². The van der Waals surface area contributed by atoms with E-state index in [1.165, 1.54) is 57.8 Å². The van der Waals surface area contributed by atoms with Crippen LogP contribution in [0.2, 0.25) is 5.04 Å². The lowest BCUT2D eigenvalue weighted by atomic mass is 9.95. The van der Waals surface area contributed by atoms with E-state index in [2.05, 4.69) is 72.9 Å². The minimum absolute atomic E-state index is 0.0982. The maximum absolute atomic E-state index is 16.9. The van der Waals surface area contributed by atoms with E-state index in [0.717, 1.165) is 228 Å². The molecule has 0 bridgehead atoms. The van der Waals surface area contributed by atoms with E-state index in [1.807, 2.05) is 152 Å². The van der Waals surface area contributed by atoms with Crippen LogP contribution in [0.15, 0.2) is 152 Å². The topological polar surface area (TPSA) is 262 Å². The lowest BCUT2D eigenvalue weighted by molar-refractivity contribution is -0.272. The first-order valence-corrected chi connectivity index (χ1v) is 59.7. The summed E-state index contributed by atoms with van der Waals surface area (Å²) in [6.45, 7) is 17.9. The summed E-state index contributed by atoms with van der Waals surface area (Å²) >= 11 is 0. The Kier molecular flexibility index (Phi) is 66.9. The van der Waals surface area contributed by atoms with Crippen molar-refractivity contribution in [2.45, 2.75) is 515 Å². The molecule has 1 heterocycles. The van der Waals surface area contributed by atoms with Gasteiger partial charge in [0.1, 0.15) is 43.2 Å². The van der Waals surface area contributed by atoms with E-state index in [0.29, 0.717) is 68.9 Å². The molecule has 23 heteroatoms. The van der Waals surface area contributed by atoms with Crippen LogP contribution in [0.3, 0.4) is 0 Å². The summed E-state index contributed by atoms with van der Waals surface area (Å²) in [5, 5.41) is 7.48. The van der Waals surface area contributed by atoms with Crippen molar-refractivity contribution >= 4 is 68.2 Å². The van der Waals surface area contributed by atoms with E-state index in [9.17, 15) is 19.2 Å². The van der Waals surface area contributed by atoms with Crippen molar-refractivity contribution < 1.29 is 89.3 Å². The monoisotopic (exact) mass is 2010 g/mol. The number of hydrogen-bond acceptors (Lipinski definition) is 19. The second-order valence-electron chi connectivity index (χ2n) is 41.0. The van der Waals surface area contributed by atoms with Gasteiger partial charge >= 0.3 is 37.7 Å². The average molecular weight is 2010 g/mol. The van der Waals surface area contributed by atoms with Gasteiger partial charge in [-0.1, -0.05) is 484 Å². The molecule has 2 N–H and O–H groups in total. The molecule has 5 aromatic carbocycles. The van der Waals surface area contributed by atoms with E-state index in [-0.39, 0.29) is 57.9 Å². The summed E-state index contributed by atoms with van der Waals surface area (Å²) in [4.78, 5) is 106. The lowest BCUT2D eigenvalue weighted by Gasteiger charge is -2.48. The smallest absolute Gasteiger partial charge is 0.462 e. The number of amides is 2. The molecule has 1 fully saturated rings. The highest BCUT2D eigenvalue weighted by atomic mass is 31.2. The first-order valence-electron chi connectivity index (χ1n) is 56.4. The molecule has 798 valence electrons. The Morgan fingerprint density at radius 2 is 0.676 bits per heavy atom. The van der Waals surface area contributed by atoms with Crippen LogP contribution in [0.4, 0.5) is 0 Å². The minimum Gasteiger partial charge on any atom is -0.462 e. The van der Waals surface area contributed by atoms with Gasteiger partial charge in [-0.25, -0.2) is 4.57 Å². The number of unbranched alkanes of at least 4 members (excludes halogenated alkanes) is 42. The maximum Gasteiger partial charge on any atom is 0.475 e. The van der Waals surface area contributed by atoms with Crippen LogP contribution >= 0.6 is 7.82 Å². The van der Waals surface area contributed by atoms with Gasteiger partial charge in [0.15, 0.2) is 12.4 Å². The molecule has 0 aromatic heterocycles. The first kappa shape index (κ1) is 123. The van der Waals surface area contributed by atoms with Crippen LogP contribution in [0.1, 0.15) is 451 Å². The molecule has 2 amide bonds. The van der Waals surface area contributed by atoms with Gasteiger partial charge in [0, 0.05) is 19.3 Å². The van der Waals surface area contributed by atoms with Crippen molar-refractivity contribution in [3.8, 4) is 0 Å². The third-order valence-electron chi connectivity index (χ3n) is 27.3. The molecule has 5 aromatic rings. The summed E-state index contributed by atoms with van der Waals surface area (Å²) in [6, 6.07) is 44.6. The van der Waals surface area contributed by atoms with E-state index in [4.69, 9.17) is 51.2 Å². The number of benzene rings is 5. The summed E-state index contributed by atoms with van der Waals surface area (Å²) in [6.07, 6.45) is 39.2. The number of carbonyl (C=O) groups is 7. The van der Waals surface area contributed by atoms with Crippen molar-refractivity contribution in [3.63, 3.8) is 0 Å². The SMILES string of the molecule is CCCCCCCCCCC[C@H](CC(=O)N[C@@H](CO[C@@H]1O[C@H](CO[Si](c2ccccc2)(c2ccccc2)C(C)(C)C)[C@@H](OP(=O)(OCc2ccccc2)OCc2ccccc2)[C@H](OC(=O)C[C@@H](CCCCCCCCCCC)OC(=O)CCCCCCCCC)[C@H]1NC(=O)C[C@@H](CCCCCCCCCCC)OC(=O)CCCCCCCCC)CC(=O)OCc1ccccc1)OC(=O)CCCCCCCCC. The standard InChI is InChI=1S/C119H189N2O19PSi/c1-10-16-22-28-34-37-43-46-63-79-102(135-110(124)86-70-49-40-31-25-19-13-4)90-108(122)120-101(89-113(127)130-93-98-73-57-52-58-74-98)96-131-118-115(121-109(123)91-103(80-64-47-44-38-35-29-23-17-11-2)136-111(125)87-71-50-41-32-26-20-14-5)117(139-114(128)92-104(81-65-48-45-39-36-30-24-18-12-3)137-112(126)88-72-51-42-33-27-21-15-6)116(140-141(129,132-94-99-75-59-53-60-76-99)133-95-100-77-61-54-62-78-100)107(138-118)97-134-142(119(7,8)9,105-82-66-55-67-83-105)106-84-68-56-69-85-106/h52-62,66-69,73-78,82-85,101-104,107,115-118H,10-51,63-65,70-72,79-81,86-97H2,1-9H3,(H,120,122)(H,121,123)/t101-,102-,103-,104-,107-,115-,116-,117-,118-/m1/s1. The lowest BCUT2D eigenvalue weighted by Crippen LogP contribution is -2.70. The maximum atomic E-state index is 16.9. The molecular formula is C119H189N2O19PSi. The van der Waals surface area contributed by atoms with Crippen LogP contribution in [-0.2, 0) is 109 Å². The van der Waals surface area contributed by atoms with Crippen LogP contribution in [0.25, 0.3) is 0 Å². The second-order valence-corrected chi connectivity index (χ2v) is 46.9. The minimum atomic E-state index is -5.09. The van der Waals surface area contributed by atoms with Crippen molar-refractivity contribution in [2.75, 3.05) is 13.2 Å². The fraction of sp³-hybridized carbons (Fsp3) is 0.689. The van der Waals surface area contributed by atoms with Gasteiger partial charge in [0.25, 0.3) is 8.32 Å².